The summed E-state index contributed by atoms with van der Waals surface area (Å²) in [6.45, 7) is 9.29. The number of thiazole rings is 2. The van der Waals surface area contributed by atoms with E-state index in [1.165, 1.54) is 4.88 Å². The molecule has 1 amide bonds. The fourth-order valence-electron chi connectivity index (χ4n) is 3.42. The zero-order valence-corrected chi connectivity index (χ0v) is 19.1. The Balaban J connectivity index is 1.43. The first kappa shape index (κ1) is 20.6. The smallest absolute Gasteiger partial charge is 0.246 e. The van der Waals surface area contributed by atoms with Gasteiger partial charge in [-0.25, -0.2) is 19.9 Å². The molecule has 30 heavy (non-hydrogen) atoms. The zero-order valence-electron chi connectivity index (χ0n) is 17.5. The lowest BCUT2D eigenvalue weighted by Gasteiger charge is -2.15. The topological polar surface area (TPSA) is 83.9 Å². The second-order valence-electron chi connectivity index (χ2n) is 7.41. The first-order valence-electron chi connectivity index (χ1n) is 9.83. The highest BCUT2D eigenvalue weighted by molar-refractivity contribution is 7.15. The van der Waals surface area contributed by atoms with Crippen LogP contribution in [0.4, 0.5) is 10.9 Å². The number of hydrogen-bond acceptors (Lipinski definition) is 8. The summed E-state index contributed by atoms with van der Waals surface area (Å²) >= 11 is 3.20. The second kappa shape index (κ2) is 8.61. The Bertz CT molecular complexity index is 1080. The maximum absolute atomic E-state index is 12.6. The summed E-state index contributed by atoms with van der Waals surface area (Å²) in [5.74, 6) is 1.67. The van der Waals surface area contributed by atoms with Crippen molar-refractivity contribution < 1.29 is 4.79 Å². The average Bonchev–Trinajstić information content (AvgIpc) is 3.41. The van der Waals surface area contributed by atoms with Crippen molar-refractivity contribution in [1.29, 1.82) is 0 Å². The Kier molecular flexibility index (Phi) is 5.92. The molecular formula is C21H24N6OS2. The molecule has 156 valence electrons. The van der Waals surface area contributed by atoms with E-state index in [9.17, 15) is 4.79 Å². The van der Waals surface area contributed by atoms with E-state index in [0.29, 0.717) is 12.4 Å². The molecule has 1 saturated heterocycles. The van der Waals surface area contributed by atoms with Gasteiger partial charge in [-0.1, -0.05) is 0 Å². The molecule has 1 aliphatic rings. The molecule has 4 rings (SSSR count). The number of aryl methyl sites for hydroxylation is 4. The van der Waals surface area contributed by atoms with Crippen molar-refractivity contribution in [3.63, 3.8) is 0 Å². The monoisotopic (exact) mass is 440 g/mol. The number of nitrogens with one attached hydrogen (secondary N) is 1. The van der Waals surface area contributed by atoms with Crippen molar-refractivity contribution in [3.05, 3.63) is 50.3 Å². The third-order valence-electron chi connectivity index (χ3n) is 5.07. The fourth-order valence-corrected chi connectivity index (χ4v) is 4.82. The zero-order chi connectivity index (χ0) is 21.3. The lowest BCUT2D eigenvalue weighted by atomic mass is 10.0. The lowest BCUT2D eigenvalue weighted by molar-refractivity contribution is -0.124. The van der Waals surface area contributed by atoms with Crippen LogP contribution >= 0.6 is 22.7 Å². The average molecular weight is 441 g/mol. The summed E-state index contributed by atoms with van der Waals surface area (Å²) in [6, 6.07) is 1.98. The number of hydrogen-bond donors (Lipinski definition) is 1. The van der Waals surface area contributed by atoms with Crippen LogP contribution in [0.2, 0.25) is 0 Å². The number of carbonyl (C=O) groups is 1. The summed E-state index contributed by atoms with van der Waals surface area (Å²) in [4.78, 5) is 33.7. The van der Waals surface area contributed by atoms with Crippen LogP contribution in [-0.2, 0) is 4.79 Å². The Morgan fingerprint density at radius 2 is 2.03 bits per heavy atom. The molecule has 1 unspecified atom stereocenters. The van der Waals surface area contributed by atoms with Crippen LogP contribution in [0.3, 0.4) is 0 Å². The van der Waals surface area contributed by atoms with E-state index in [1.807, 2.05) is 37.1 Å². The van der Waals surface area contributed by atoms with Gasteiger partial charge in [-0.2, -0.15) is 0 Å². The standard InChI is InChI=1S/C21H24N6OS2/c1-12-13(2)30-21(22-12)26-19-9-18(23-14(3)24-19)16-7-8-27(10-16)20(28)6-5-17-11-29-15(4)25-17/h5-6,9,11,16H,7-8,10H2,1-4H3,(H,22,23,24,26)/b6-5+. The van der Waals surface area contributed by atoms with E-state index in [-0.39, 0.29) is 11.8 Å². The maximum Gasteiger partial charge on any atom is 0.246 e. The van der Waals surface area contributed by atoms with Crippen molar-refractivity contribution in [3.8, 4) is 0 Å². The molecule has 1 atom stereocenters. The minimum atomic E-state index is 0.0148. The minimum Gasteiger partial charge on any atom is -0.338 e. The SMILES string of the molecule is Cc1nc(Nc2nc(C)c(C)s2)cc(C2CCN(C(=O)/C=C/c3csc(C)n3)C2)n1. The largest absolute Gasteiger partial charge is 0.338 e. The first-order chi connectivity index (χ1) is 14.4. The molecule has 0 saturated carbocycles. The van der Waals surface area contributed by atoms with Gasteiger partial charge < -0.3 is 10.2 Å². The number of carbonyl (C=O) groups excluding carboxylic acids is 1. The van der Waals surface area contributed by atoms with E-state index in [2.05, 4.69) is 32.2 Å². The van der Waals surface area contributed by atoms with E-state index < -0.39 is 0 Å². The highest BCUT2D eigenvalue weighted by Gasteiger charge is 2.28. The molecule has 7 nitrogen and oxygen atoms in total. The fraction of sp³-hybridized carbons (Fsp3) is 0.381. The maximum atomic E-state index is 12.6. The minimum absolute atomic E-state index is 0.0148. The Hall–Kier alpha value is -2.65. The predicted octanol–water partition coefficient (Wildman–Crippen LogP) is 4.40. The van der Waals surface area contributed by atoms with Gasteiger partial charge >= 0.3 is 0 Å². The summed E-state index contributed by atoms with van der Waals surface area (Å²) < 4.78 is 0. The molecule has 0 aromatic carbocycles. The molecule has 9 heteroatoms. The molecular weight excluding hydrogens is 416 g/mol. The highest BCUT2D eigenvalue weighted by Crippen LogP contribution is 2.29. The number of nitrogens with zero attached hydrogens (tertiary/aromatic N) is 5. The van der Waals surface area contributed by atoms with Crippen LogP contribution in [0.15, 0.2) is 17.5 Å². The summed E-state index contributed by atoms with van der Waals surface area (Å²) in [7, 11) is 0. The summed E-state index contributed by atoms with van der Waals surface area (Å²) in [5, 5.41) is 7.09. The summed E-state index contributed by atoms with van der Waals surface area (Å²) in [6.07, 6.45) is 4.29. The van der Waals surface area contributed by atoms with Crippen LogP contribution in [0, 0.1) is 27.7 Å². The van der Waals surface area contributed by atoms with Gasteiger partial charge in [0.15, 0.2) is 5.13 Å². The van der Waals surface area contributed by atoms with Crippen LogP contribution in [0.25, 0.3) is 6.08 Å². The predicted molar refractivity (Wildman–Crippen MR) is 121 cm³/mol. The van der Waals surface area contributed by atoms with Crippen molar-refractivity contribution in [2.45, 2.75) is 40.0 Å². The van der Waals surface area contributed by atoms with E-state index >= 15 is 0 Å². The molecule has 3 aromatic rings. The third-order valence-corrected chi connectivity index (χ3v) is 6.85. The molecule has 0 radical (unpaired) electrons. The van der Waals surface area contributed by atoms with Crippen molar-refractivity contribution in [2.24, 2.45) is 0 Å². The highest BCUT2D eigenvalue weighted by atomic mass is 32.1. The van der Waals surface area contributed by atoms with E-state index in [4.69, 9.17) is 0 Å². The first-order valence-corrected chi connectivity index (χ1v) is 11.5. The van der Waals surface area contributed by atoms with Gasteiger partial charge in [0, 0.05) is 41.4 Å². The third kappa shape index (κ3) is 4.73. The number of amides is 1. The van der Waals surface area contributed by atoms with Crippen LogP contribution in [-0.4, -0.2) is 43.8 Å². The number of aromatic nitrogens is 4. The number of rotatable bonds is 5. The Morgan fingerprint density at radius 1 is 1.20 bits per heavy atom. The molecule has 1 fully saturated rings. The Morgan fingerprint density at radius 3 is 2.73 bits per heavy atom. The van der Waals surface area contributed by atoms with Gasteiger partial charge in [-0.15, -0.1) is 22.7 Å². The van der Waals surface area contributed by atoms with Gasteiger partial charge in [0.1, 0.15) is 11.6 Å². The molecule has 4 heterocycles. The van der Waals surface area contributed by atoms with Gasteiger partial charge in [-0.05, 0) is 40.2 Å². The Labute approximate surface area is 183 Å². The molecule has 1 N–H and O–H groups in total. The van der Waals surface area contributed by atoms with Gasteiger partial charge in [0.2, 0.25) is 5.91 Å². The van der Waals surface area contributed by atoms with Gasteiger partial charge in [-0.3, -0.25) is 4.79 Å². The number of anilines is 2. The van der Waals surface area contributed by atoms with Gasteiger partial charge in [0.05, 0.1) is 22.1 Å². The van der Waals surface area contributed by atoms with Gasteiger partial charge in [0.25, 0.3) is 0 Å². The molecule has 1 aliphatic heterocycles. The summed E-state index contributed by atoms with van der Waals surface area (Å²) in [5.41, 5.74) is 2.82. The molecule has 0 aliphatic carbocycles. The van der Waals surface area contributed by atoms with Crippen LogP contribution < -0.4 is 5.32 Å². The van der Waals surface area contributed by atoms with E-state index in [0.717, 1.165) is 46.0 Å². The van der Waals surface area contributed by atoms with Crippen molar-refractivity contribution >= 4 is 45.6 Å². The van der Waals surface area contributed by atoms with Crippen LogP contribution in [0.1, 0.15) is 45.1 Å². The van der Waals surface area contributed by atoms with Crippen molar-refractivity contribution in [1.82, 2.24) is 24.8 Å². The lowest BCUT2D eigenvalue weighted by Crippen LogP contribution is -2.26. The van der Waals surface area contributed by atoms with Crippen LogP contribution in [0.5, 0.6) is 0 Å². The van der Waals surface area contributed by atoms with E-state index in [1.54, 1.807) is 34.8 Å². The van der Waals surface area contributed by atoms with Crippen molar-refractivity contribution in [2.75, 3.05) is 18.4 Å². The molecule has 0 bridgehead atoms. The number of likely N-dealkylation sites (tertiary alicyclic amines) is 1. The normalized spacial score (nSPS) is 16.5. The second-order valence-corrected chi connectivity index (χ2v) is 9.67. The molecule has 3 aromatic heterocycles. The molecule has 0 spiro atoms. The quantitative estimate of drug-likeness (QED) is 0.592.